The zero-order valence-corrected chi connectivity index (χ0v) is 11.9. The van der Waals surface area contributed by atoms with Crippen molar-refractivity contribution in [2.45, 2.75) is 54.4 Å². The summed E-state index contributed by atoms with van der Waals surface area (Å²) in [5.74, 6) is -1.04. The largest absolute Gasteiger partial charge is 0.481 e. The first-order valence-corrected chi connectivity index (χ1v) is 5.77. The second-order valence-electron chi connectivity index (χ2n) is 2.76. The molecule has 0 aliphatic carbocycles. The molecule has 0 aliphatic heterocycles. The molecule has 0 aliphatic rings. The first-order valence-electron chi connectivity index (χ1n) is 5.77. The molecule has 5 nitrogen and oxygen atoms in total. The molecule has 5 heteroatoms. The number of hydrogen-bond acceptors (Lipinski definition) is 4. The van der Waals surface area contributed by atoms with E-state index in [-0.39, 0.29) is 12.6 Å². The lowest BCUT2D eigenvalue weighted by atomic mass is 10.4. The van der Waals surface area contributed by atoms with Gasteiger partial charge in [0.2, 0.25) is 0 Å². The standard InChI is InChI=1S/C4H8O2.C4H10.C2H4O2.C2H6O/c1-3-6-4(2)5;1-3-4-2;1-2(3)4;1-2-3/h3H2,1-2H3;3-4H2,1-2H3;1H3,(H,3,4);3H,2H2,1H3. The van der Waals surface area contributed by atoms with Gasteiger partial charge in [-0.25, -0.2) is 0 Å². The quantitative estimate of drug-likeness (QED) is 0.737. The van der Waals surface area contributed by atoms with E-state index in [2.05, 4.69) is 18.6 Å². The van der Waals surface area contributed by atoms with Crippen LogP contribution < -0.4 is 0 Å². The number of aliphatic hydroxyl groups excluding tert-OH is 1. The number of aliphatic hydroxyl groups is 1. The average molecular weight is 252 g/mol. The Hall–Kier alpha value is -1.10. The highest BCUT2D eigenvalue weighted by molar-refractivity contribution is 5.65. The summed E-state index contributed by atoms with van der Waals surface area (Å²) in [6, 6.07) is 0. The van der Waals surface area contributed by atoms with Gasteiger partial charge in [-0.1, -0.05) is 26.7 Å². The summed E-state index contributed by atoms with van der Waals surface area (Å²) in [4.78, 5) is 18.8. The summed E-state index contributed by atoms with van der Waals surface area (Å²) < 4.78 is 4.40. The van der Waals surface area contributed by atoms with Gasteiger partial charge < -0.3 is 14.9 Å². The second kappa shape index (κ2) is 29.4. The molecule has 0 rings (SSSR count). The van der Waals surface area contributed by atoms with Crippen LogP contribution in [0.15, 0.2) is 0 Å². The maximum Gasteiger partial charge on any atom is 0.302 e. The fraction of sp³-hybridized carbons (Fsp3) is 0.833. The Labute approximate surface area is 105 Å². The van der Waals surface area contributed by atoms with Gasteiger partial charge in [0.25, 0.3) is 5.97 Å². The molecule has 0 heterocycles. The van der Waals surface area contributed by atoms with Gasteiger partial charge in [0.15, 0.2) is 0 Å². The molecule has 0 atom stereocenters. The number of carboxylic acids is 1. The van der Waals surface area contributed by atoms with E-state index in [1.807, 2.05) is 0 Å². The molecule has 0 radical (unpaired) electrons. The van der Waals surface area contributed by atoms with E-state index in [1.54, 1.807) is 13.8 Å². The van der Waals surface area contributed by atoms with Gasteiger partial charge in [0.1, 0.15) is 0 Å². The van der Waals surface area contributed by atoms with E-state index in [4.69, 9.17) is 15.0 Å². The van der Waals surface area contributed by atoms with Gasteiger partial charge in [0, 0.05) is 20.5 Å². The van der Waals surface area contributed by atoms with Crippen LogP contribution in [0.4, 0.5) is 0 Å². The lowest BCUT2D eigenvalue weighted by Gasteiger charge is -1.89. The maximum absolute atomic E-state index is 9.82. The summed E-state index contributed by atoms with van der Waals surface area (Å²) in [5.41, 5.74) is 0. The molecule has 0 saturated heterocycles. The minimum Gasteiger partial charge on any atom is -0.481 e. The number of aliphatic carboxylic acids is 1. The van der Waals surface area contributed by atoms with Crippen LogP contribution in [0.1, 0.15) is 54.4 Å². The first kappa shape index (κ1) is 24.9. The molecule has 0 aromatic carbocycles. The third-order valence-electron chi connectivity index (χ3n) is 0.848. The molecular formula is C12H28O5. The van der Waals surface area contributed by atoms with Gasteiger partial charge in [-0.05, 0) is 13.8 Å². The van der Waals surface area contributed by atoms with Crippen LogP contribution in [-0.2, 0) is 14.3 Å². The number of unbranched alkanes of at least 4 members (excludes halogenated alkanes) is 1. The van der Waals surface area contributed by atoms with E-state index in [9.17, 15) is 4.79 Å². The Morgan fingerprint density at radius 3 is 1.24 bits per heavy atom. The lowest BCUT2D eigenvalue weighted by molar-refractivity contribution is -0.140. The summed E-state index contributed by atoms with van der Waals surface area (Å²) in [6.07, 6.45) is 2.64. The van der Waals surface area contributed by atoms with Gasteiger partial charge in [-0.2, -0.15) is 0 Å². The van der Waals surface area contributed by atoms with E-state index >= 15 is 0 Å². The third kappa shape index (κ3) is 295. The highest BCUT2D eigenvalue weighted by atomic mass is 16.5. The van der Waals surface area contributed by atoms with Gasteiger partial charge in [-0.15, -0.1) is 0 Å². The number of carbonyl (C=O) groups is 2. The third-order valence-corrected chi connectivity index (χ3v) is 0.848. The van der Waals surface area contributed by atoms with Crippen LogP contribution >= 0.6 is 0 Å². The molecule has 0 saturated carbocycles. The Kier molecular flexibility index (Phi) is 43.1. The van der Waals surface area contributed by atoms with E-state index in [0.717, 1.165) is 6.92 Å². The van der Waals surface area contributed by atoms with Gasteiger partial charge in [-0.3, -0.25) is 9.59 Å². The molecule has 0 bridgehead atoms. The zero-order chi connectivity index (χ0) is 14.7. The van der Waals surface area contributed by atoms with Crippen molar-refractivity contribution in [1.82, 2.24) is 0 Å². The summed E-state index contributed by atoms with van der Waals surface area (Å²) in [6.45, 7) is 11.0. The number of esters is 1. The minimum atomic E-state index is -0.833. The van der Waals surface area contributed by atoms with Crippen LogP contribution in [0.3, 0.4) is 0 Å². The molecule has 17 heavy (non-hydrogen) atoms. The minimum absolute atomic E-state index is 0.211. The monoisotopic (exact) mass is 252 g/mol. The molecular weight excluding hydrogens is 224 g/mol. The fourth-order valence-corrected chi connectivity index (χ4v) is 0.203. The van der Waals surface area contributed by atoms with Crippen LogP contribution in [0.2, 0.25) is 0 Å². The SMILES string of the molecule is CC(=O)O.CCCC.CCO.CCOC(C)=O. The van der Waals surface area contributed by atoms with Crippen molar-refractivity contribution in [3.05, 3.63) is 0 Å². The predicted octanol–water partition coefficient (Wildman–Crippen LogP) is 2.47. The molecule has 0 aromatic heterocycles. The van der Waals surface area contributed by atoms with E-state index in [0.29, 0.717) is 6.61 Å². The van der Waals surface area contributed by atoms with Crippen LogP contribution in [0.25, 0.3) is 0 Å². The van der Waals surface area contributed by atoms with E-state index < -0.39 is 5.97 Å². The van der Waals surface area contributed by atoms with Crippen LogP contribution in [-0.4, -0.2) is 35.4 Å². The fourth-order valence-electron chi connectivity index (χ4n) is 0.203. The van der Waals surface area contributed by atoms with Crippen molar-refractivity contribution < 1.29 is 24.5 Å². The summed E-state index contributed by atoms with van der Waals surface area (Å²) >= 11 is 0. The smallest absolute Gasteiger partial charge is 0.302 e. The van der Waals surface area contributed by atoms with Crippen LogP contribution in [0.5, 0.6) is 0 Å². The molecule has 2 N–H and O–H groups in total. The van der Waals surface area contributed by atoms with Crippen molar-refractivity contribution in [3.8, 4) is 0 Å². The van der Waals surface area contributed by atoms with Gasteiger partial charge in [0.05, 0.1) is 6.61 Å². The number of carbonyl (C=O) groups excluding carboxylic acids is 1. The second-order valence-corrected chi connectivity index (χ2v) is 2.76. The van der Waals surface area contributed by atoms with Crippen molar-refractivity contribution in [1.29, 1.82) is 0 Å². The van der Waals surface area contributed by atoms with Crippen molar-refractivity contribution in [3.63, 3.8) is 0 Å². The first-order chi connectivity index (χ1) is 7.83. The number of ether oxygens (including phenoxy) is 1. The Morgan fingerprint density at radius 2 is 1.24 bits per heavy atom. The summed E-state index contributed by atoms with van der Waals surface area (Å²) in [5, 5.41) is 15.0. The predicted molar refractivity (Wildman–Crippen MR) is 69.0 cm³/mol. The average Bonchev–Trinajstić information content (AvgIpc) is 2.18. The Morgan fingerprint density at radius 1 is 1.00 bits per heavy atom. The summed E-state index contributed by atoms with van der Waals surface area (Å²) in [7, 11) is 0. The highest BCUT2D eigenvalue weighted by Gasteiger charge is 1.81. The number of hydrogen-bond donors (Lipinski definition) is 2. The highest BCUT2D eigenvalue weighted by Crippen LogP contribution is 1.76. The van der Waals surface area contributed by atoms with Crippen molar-refractivity contribution in [2.24, 2.45) is 0 Å². The van der Waals surface area contributed by atoms with Crippen molar-refractivity contribution in [2.75, 3.05) is 13.2 Å². The topological polar surface area (TPSA) is 83.8 Å². The molecule has 0 spiro atoms. The zero-order valence-electron chi connectivity index (χ0n) is 11.9. The number of carboxylic acid groups (broad SMARTS) is 1. The molecule has 0 aromatic rings. The molecule has 0 unspecified atom stereocenters. The Balaban J connectivity index is -0.0000000688. The lowest BCUT2D eigenvalue weighted by Crippen LogP contribution is -1.95. The Bertz CT molecular complexity index is 140. The maximum atomic E-state index is 9.82. The normalized spacial score (nSPS) is 7.00. The molecule has 0 amide bonds. The van der Waals surface area contributed by atoms with E-state index in [1.165, 1.54) is 19.8 Å². The van der Waals surface area contributed by atoms with Crippen molar-refractivity contribution >= 4 is 11.9 Å². The van der Waals surface area contributed by atoms with Crippen LogP contribution in [0, 0.1) is 0 Å². The van der Waals surface area contributed by atoms with Gasteiger partial charge >= 0.3 is 5.97 Å². The molecule has 0 fully saturated rings. The molecule has 106 valence electrons. The number of rotatable bonds is 2.